The van der Waals surface area contributed by atoms with Gasteiger partial charge < -0.3 is 24.8 Å². The van der Waals surface area contributed by atoms with E-state index in [1.165, 1.54) is 0 Å². The van der Waals surface area contributed by atoms with Crippen molar-refractivity contribution in [3.8, 4) is 0 Å². The van der Waals surface area contributed by atoms with Gasteiger partial charge >= 0.3 is 0 Å². The van der Waals surface area contributed by atoms with Gasteiger partial charge in [0.1, 0.15) is 11.8 Å². The summed E-state index contributed by atoms with van der Waals surface area (Å²) in [6, 6.07) is 4.59. The van der Waals surface area contributed by atoms with Crippen LogP contribution in [0.3, 0.4) is 0 Å². The maximum Gasteiger partial charge on any atom is 0.270 e. The van der Waals surface area contributed by atoms with Crippen molar-refractivity contribution in [1.82, 2.24) is 15.2 Å². The molecule has 2 N–H and O–H groups in total. The van der Waals surface area contributed by atoms with Crippen molar-refractivity contribution < 1.29 is 24.2 Å². The fourth-order valence-corrected chi connectivity index (χ4v) is 2.97. The van der Waals surface area contributed by atoms with E-state index in [0.717, 1.165) is 0 Å². The fourth-order valence-electron chi connectivity index (χ4n) is 2.97. The zero-order chi connectivity index (χ0) is 18.4. The minimum Gasteiger partial charge on any atom is -0.394 e. The monoisotopic (exact) mass is 361 g/mol. The number of aliphatic hydroxyl groups excluding tert-OH is 1. The van der Waals surface area contributed by atoms with E-state index in [-0.39, 0.29) is 24.8 Å². The zero-order valence-corrected chi connectivity index (χ0v) is 14.4. The summed E-state index contributed by atoms with van der Waals surface area (Å²) in [6.07, 6.45) is 4.23. The third-order valence-corrected chi connectivity index (χ3v) is 4.40. The van der Waals surface area contributed by atoms with E-state index in [0.29, 0.717) is 32.0 Å². The molecule has 8 heteroatoms. The zero-order valence-electron chi connectivity index (χ0n) is 14.4. The normalized spacial score (nSPS) is 25.7. The lowest BCUT2D eigenvalue weighted by Crippen LogP contribution is -2.49. The third kappa shape index (κ3) is 4.66. The first kappa shape index (κ1) is 18.5. The number of rotatable bonds is 5. The van der Waals surface area contributed by atoms with E-state index in [4.69, 9.17) is 9.47 Å². The highest BCUT2D eigenvalue weighted by molar-refractivity contribution is 5.92. The summed E-state index contributed by atoms with van der Waals surface area (Å²) in [5.74, 6) is -0.347. The minimum absolute atomic E-state index is 0.00406. The standard InChI is InChI=1S/C18H23N3O5/c22-12-16-14(20-18(24)15-3-1-2-6-19-15)5-4-13(26-16)11-17(23)21-7-9-25-10-8-21/h1-6,13-14,16,22H,7-12H2,(H,20,24)/t13-,14+,16+/m0/s1. The number of pyridine rings is 1. The summed E-state index contributed by atoms with van der Waals surface area (Å²) in [6.45, 7) is 2.00. The molecule has 0 radical (unpaired) electrons. The SMILES string of the molecule is O=C(N[C@@H]1C=C[C@@H](CC(=O)N2CCOCC2)O[C@@H]1CO)c1ccccn1. The van der Waals surface area contributed by atoms with E-state index < -0.39 is 18.2 Å². The van der Waals surface area contributed by atoms with Crippen LogP contribution in [0.1, 0.15) is 16.9 Å². The number of aromatic nitrogens is 1. The Kier molecular flexibility index (Phi) is 6.32. The molecule has 0 saturated carbocycles. The predicted molar refractivity (Wildman–Crippen MR) is 92.4 cm³/mol. The van der Waals surface area contributed by atoms with Gasteiger partial charge in [-0.3, -0.25) is 14.6 Å². The van der Waals surface area contributed by atoms with Crippen molar-refractivity contribution in [1.29, 1.82) is 0 Å². The molecule has 3 atom stereocenters. The van der Waals surface area contributed by atoms with Crippen LogP contribution in [-0.2, 0) is 14.3 Å². The first-order chi connectivity index (χ1) is 12.7. The highest BCUT2D eigenvalue weighted by Crippen LogP contribution is 2.17. The van der Waals surface area contributed by atoms with Crippen LogP contribution >= 0.6 is 0 Å². The molecule has 3 rings (SSSR count). The maximum atomic E-state index is 12.3. The molecule has 2 aliphatic heterocycles. The van der Waals surface area contributed by atoms with Gasteiger partial charge in [-0.05, 0) is 12.1 Å². The lowest BCUT2D eigenvalue weighted by Gasteiger charge is -2.33. The van der Waals surface area contributed by atoms with Gasteiger partial charge in [0, 0.05) is 19.3 Å². The van der Waals surface area contributed by atoms with Crippen molar-refractivity contribution in [2.24, 2.45) is 0 Å². The van der Waals surface area contributed by atoms with Gasteiger partial charge in [0.25, 0.3) is 5.91 Å². The molecule has 1 aromatic heterocycles. The van der Waals surface area contributed by atoms with Crippen LogP contribution in [0.5, 0.6) is 0 Å². The Labute approximate surface area is 151 Å². The second-order valence-corrected chi connectivity index (χ2v) is 6.19. The van der Waals surface area contributed by atoms with Gasteiger partial charge in [0.2, 0.25) is 5.91 Å². The molecule has 1 fully saturated rings. The first-order valence-corrected chi connectivity index (χ1v) is 8.69. The topological polar surface area (TPSA) is 101 Å². The number of ether oxygens (including phenoxy) is 2. The summed E-state index contributed by atoms with van der Waals surface area (Å²) in [7, 11) is 0. The smallest absolute Gasteiger partial charge is 0.270 e. The van der Waals surface area contributed by atoms with Crippen LogP contribution in [0.15, 0.2) is 36.5 Å². The summed E-state index contributed by atoms with van der Waals surface area (Å²) < 4.78 is 11.0. The number of amides is 2. The Morgan fingerprint density at radius 3 is 2.77 bits per heavy atom. The first-order valence-electron chi connectivity index (χ1n) is 8.69. The number of nitrogens with zero attached hydrogens (tertiary/aromatic N) is 2. The Morgan fingerprint density at radius 2 is 2.08 bits per heavy atom. The Balaban J connectivity index is 1.57. The van der Waals surface area contributed by atoms with Crippen LogP contribution in [0.4, 0.5) is 0 Å². The molecule has 2 amide bonds. The second kappa shape index (κ2) is 8.88. The van der Waals surface area contributed by atoms with Gasteiger partial charge in [0.15, 0.2) is 0 Å². The number of carbonyl (C=O) groups excluding carboxylic acids is 2. The fraction of sp³-hybridized carbons (Fsp3) is 0.500. The Morgan fingerprint density at radius 1 is 1.27 bits per heavy atom. The van der Waals surface area contributed by atoms with Crippen LogP contribution in [-0.4, -0.2) is 78.0 Å². The Bertz CT molecular complexity index is 645. The highest BCUT2D eigenvalue weighted by Gasteiger charge is 2.30. The number of aliphatic hydroxyl groups is 1. The molecular weight excluding hydrogens is 338 g/mol. The van der Waals surface area contributed by atoms with E-state index >= 15 is 0 Å². The Hall–Kier alpha value is -2.29. The molecule has 0 bridgehead atoms. The molecular formula is C18H23N3O5. The molecule has 140 valence electrons. The van der Waals surface area contributed by atoms with Crippen molar-refractivity contribution >= 4 is 11.8 Å². The molecule has 26 heavy (non-hydrogen) atoms. The lowest BCUT2D eigenvalue weighted by molar-refractivity contribution is -0.139. The molecule has 0 aliphatic carbocycles. The molecule has 1 aromatic rings. The van der Waals surface area contributed by atoms with Gasteiger partial charge in [-0.25, -0.2) is 0 Å². The van der Waals surface area contributed by atoms with Crippen molar-refractivity contribution in [2.45, 2.75) is 24.7 Å². The number of hydrogen-bond acceptors (Lipinski definition) is 6. The van der Waals surface area contributed by atoms with Crippen LogP contribution in [0.25, 0.3) is 0 Å². The summed E-state index contributed by atoms with van der Waals surface area (Å²) in [5, 5.41) is 12.4. The van der Waals surface area contributed by atoms with E-state index in [2.05, 4.69) is 10.3 Å². The summed E-state index contributed by atoms with van der Waals surface area (Å²) in [4.78, 5) is 30.3. The quantitative estimate of drug-likeness (QED) is 0.701. The van der Waals surface area contributed by atoms with E-state index in [1.807, 2.05) is 0 Å². The minimum atomic E-state index is -0.616. The lowest BCUT2D eigenvalue weighted by atomic mass is 10.0. The van der Waals surface area contributed by atoms with Crippen molar-refractivity contribution in [2.75, 3.05) is 32.9 Å². The van der Waals surface area contributed by atoms with Crippen molar-refractivity contribution in [3.05, 3.63) is 42.2 Å². The van der Waals surface area contributed by atoms with E-state index in [9.17, 15) is 14.7 Å². The number of morpholine rings is 1. The van der Waals surface area contributed by atoms with Gasteiger partial charge in [0.05, 0.1) is 38.4 Å². The number of hydrogen-bond donors (Lipinski definition) is 2. The van der Waals surface area contributed by atoms with Gasteiger partial charge in [-0.15, -0.1) is 0 Å². The number of carbonyl (C=O) groups is 2. The maximum absolute atomic E-state index is 12.3. The summed E-state index contributed by atoms with van der Waals surface area (Å²) in [5.41, 5.74) is 0.294. The second-order valence-electron chi connectivity index (χ2n) is 6.19. The number of nitrogens with one attached hydrogen (secondary N) is 1. The van der Waals surface area contributed by atoms with Gasteiger partial charge in [-0.2, -0.15) is 0 Å². The van der Waals surface area contributed by atoms with Crippen LogP contribution in [0.2, 0.25) is 0 Å². The predicted octanol–water partition coefficient (Wildman–Crippen LogP) is -0.255. The highest BCUT2D eigenvalue weighted by atomic mass is 16.5. The van der Waals surface area contributed by atoms with Crippen molar-refractivity contribution in [3.63, 3.8) is 0 Å². The molecule has 0 aromatic carbocycles. The summed E-state index contributed by atoms with van der Waals surface area (Å²) >= 11 is 0. The molecule has 0 unspecified atom stereocenters. The van der Waals surface area contributed by atoms with Gasteiger partial charge in [-0.1, -0.05) is 18.2 Å². The molecule has 1 saturated heterocycles. The molecule has 3 heterocycles. The van der Waals surface area contributed by atoms with E-state index in [1.54, 1.807) is 41.4 Å². The average Bonchev–Trinajstić information content (AvgIpc) is 2.70. The average molecular weight is 361 g/mol. The van der Waals surface area contributed by atoms with Crippen LogP contribution < -0.4 is 5.32 Å². The molecule has 0 spiro atoms. The largest absolute Gasteiger partial charge is 0.394 e. The molecule has 8 nitrogen and oxygen atoms in total. The van der Waals surface area contributed by atoms with Crippen LogP contribution in [0, 0.1) is 0 Å². The molecule has 2 aliphatic rings. The third-order valence-electron chi connectivity index (χ3n) is 4.40.